The molecule has 9 nitrogen and oxygen atoms in total. The van der Waals surface area contributed by atoms with Crippen molar-refractivity contribution in [2.75, 3.05) is 13.2 Å². The number of hydroxylamine groups is 2. The van der Waals surface area contributed by atoms with E-state index >= 15 is 0 Å². The number of rotatable bonds is 13. The molecule has 0 aliphatic rings. The molecule has 4 N–H and O–H groups in total. The highest BCUT2D eigenvalue weighted by molar-refractivity contribution is 7.39. The fraction of sp³-hybridized carbons (Fsp3) is 0.562. The summed E-state index contributed by atoms with van der Waals surface area (Å²) in [6, 6.07) is 9.02. The maximum atomic E-state index is 11.5. The summed E-state index contributed by atoms with van der Waals surface area (Å²) in [5, 5.41) is 40.2. The molecule has 1 aromatic rings. The first-order valence-electron chi connectivity index (χ1n) is 8.09. The minimum absolute atomic E-state index is 0.0818. The number of carbonyl (C=O) groups excluding carboxylic acids is 1. The quantitative estimate of drug-likeness (QED) is 0.212. The van der Waals surface area contributed by atoms with Gasteiger partial charge in [-0.1, -0.05) is 30.3 Å². The van der Waals surface area contributed by atoms with Gasteiger partial charge in [0.15, 0.2) is 0 Å². The van der Waals surface area contributed by atoms with Crippen molar-refractivity contribution in [2.24, 2.45) is 0 Å². The predicted molar refractivity (Wildman–Crippen MR) is 91.9 cm³/mol. The van der Waals surface area contributed by atoms with Crippen LogP contribution in [0.2, 0.25) is 0 Å². The van der Waals surface area contributed by atoms with E-state index in [1.54, 1.807) is 31.2 Å². The van der Waals surface area contributed by atoms with Gasteiger partial charge >= 0.3 is 8.03 Å². The molecule has 0 heterocycles. The highest BCUT2D eigenvalue weighted by Crippen LogP contribution is 2.31. The Labute approximate surface area is 152 Å². The van der Waals surface area contributed by atoms with Crippen molar-refractivity contribution in [3.05, 3.63) is 35.9 Å². The Kier molecular flexibility index (Phi) is 10.5. The van der Waals surface area contributed by atoms with E-state index in [0.29, 0.717) is 6.41 Å². The van der Waals surface area contributed by atoms with E-state index in [2.05, 4.69) is 0 Å². The number of nitrogens with zero attached hydrogens (tertiary/aromatic N) is 1. The molecule has 0 aliphatic heterocycles. The van der Waals surface area contributed by atoms with Crippen LogP contribution in [0.15, 0.2) is 30.3 Å². The molecule has 1 aromatic carbocycles. The summed E-state index contributed by atoms with van der Waals surface area (Å²) in [7, 11) is -2.41. The first-order chi connectivity index (χ1) is 12.4. The summed E-state index contributed by atoms with van der Waals surface area (Å²) in [5.41, 5.74) is 0.803. The molecule has 26 heavy (non-hydrogen) atoms. The van der Waals surface area contributed by atoms with Crippen molar-refractivity contribution in [1.29, 1.82) is 0 Å². The van der Waals surface area contributed by atoms with Gasteiger partial charge in [0.25, 0.3) is 5.85 Å². The third kappa shape index (κ3) is 7.84. The van der Waals surface area contributed by atoms with Crippen molar-refractivity contribution >= 4 is 14.4 Å². The van der Waals surface area contributed by atoms with Gasteiger partial charge in [-0.05, 0) is 17.1 Å². The number of amides is 1. The Hall–Kier alpha value is -1.45. The Morgan fingerprint density at radius 1 is 1.15 bits per heavy atom. The third-order valence-electron chi connectivity index (χ3n) is 3.46. The zero-order chi connectivity index (χ0) is 19.5. The molecule has 0 radical (unpaired) electrons. The van der Waals surface area contributed by atoms with Crippen LogP contribution in [0.5, 0.6) is 0 Å². The molecule has 1 amide bonds. The van der Waals surface area contributed by atoms with Gasteiger partial charge in [0.05, 0.1) is 25.7 Å². The maximum absolute atomic E-state index is 11.5. The second-order valence-electron chi connectivity index (χ2n) is 5.51. The molecule has 1 rings (SSSR count). The monoisotopic (exact) mass is 390 g/mol. The number of benzene rings is 1. The lowest BCUT2D eigenvalue weighted by atomic mass is 10.1. The molecule has 10 heteroatoms. The van der Waals surface area contributed by atoms with Gasteiger partial charge in [-0.3, -0.25) is 9.63 Å². The van der Waals surface area contributed by atoms with Crippen molar-refractivity contribution in [1.82, 2.24) is 5.06 Å². The Balaban J connectivity index is 2.48. The van der Waals surface area contributed by atoms with Crippen molar-refractivity contribution in [3.63, 3.8) is 0 Å². The molecular formula is C16H25NO8P+. The highest BCUT2D eigenvalue weighted by atomic mass is 31.1. The first kappa shape index (κ1) is 22.6. The summed E-state index contributed by atoms with van der Waals surface area (Å²) in [6.07, 6.45) is -4.91. The lowest BCUT2D eigenvalue weighted by molar-refractivity contribution is -0.192. The van der Waals surface area contributed by atoms with Gasteiger partial charge in [-0.2, -0.15) is 0 Å². The fourth-order valence-electron chi connectivity index (χ4n) is 2.06. The van der Waals surface area contributed by atoms with Crippen LogP contribution in [-0.2, 0) is 25.3 Å². The van der Waals surface area contributed by atoms with Crippen LogP contribution in [0.4, 0.5) is 0 Å². The van der Waals surface area contributed by atoms with Crippen LogP contribution in [0, 0.1) is 0 Å². The van der Waals surface area contributed by atoms with E-state index in [1.807, 2.05) is 6.07 Å². The molecule has 0 saturated carbocycles. The van der Waals surface area contributed by atoms with Crippen LogP contribution in [0.25, 0.3) is 0 Å². The van der Waals surface area contributed by atoms with Crippen LogP contribution < -0.4 is 0 Å². The predicted octanol–water partition coefficient (Wildman–Crippen LogP) is 0.147. The lowest BCUT2D eigenvalue weighted by Gasteiger charge is -2.26. The van der Waals surface area contributed by atoms with Crippen LogP contribution >= 0.6 is 8.03 Å². The van der Waals surface area contributed by atoms with Gasteiger partial charge in [0, 0.05) is 0 Å². The number of aliphatic hydroxyl groups is 4. The Morgan fingerprint density at radius 3 is 2.38 bits per heavy atom. The maximum Gasteiger partial charge on any atom is 0.540 e. The first-order valence-corrected chi connectivity index (χ1v) is 9.34. The van der Waals surface area contributed by atoms with Gasteiger partial charge < -0.3 is 20.4 Å². The minimum atomic E-state index is -2.41. The van der Waals surface area contributed by atoms with Crippen LogP contribution in [0.3, 0.4) is 0 Å². The minimum Gasteiger partial charge on any atom is -0.390 e. The Morgan fingerprint density at radius 2 is 1.81 bits per heavy atom. The van der Waals surface area contributed by atoms with E-state index in [1.165, 1.54) is 0 Å². The fourth-order valence-corrected chi connectivity index (χ4v) is 2.88. The van der Waals surface area contributed by atoms with Crippen molar-refractivity contribution in [2.45, 2.75) is 44.1 Å². The zero-order valence-corrected chi connectivity index (χ0v) is 15.3. The lowest BCUT2D eigenvalue weighted by Crippen LogP contribution is -2.45. The largest absolute Gasteiger partial charge is 0.540 e. The SMILES string of the molecule is CCO[P+](=O)C(O)C[C@@H](O)[C@@H](O)[C@@H](O)CN(C=O)OCc1ccccc1. The third-order valence-corrected chi connectivity index (χ3v) is 4.68. The molecular weight excluding hydrogens is 365 g/mol. The summed E-state index contributed by atoms with van der Waals surface area (Å²) in [6.45, 7) is 1.40. The van der Waals surface area contributed by atoms with Gasteiger partial charge in [0.2, 0.25) is 6.41 Å². The van der Waals surface area contributed by atoms with Crippen LogP contribution in [0.1, 0.15) is 18.9 Å². The van der Waals surface area contributed by atoms with Crippen molar-refractivity contribution < 1.29 is 39.1 Å². The summed E-state index contributed by atoms with van der Waals surface area (Å²) >= 11 is 0. The molecule has 0 aliphatic carbocycles. The van der Waals surface area contributed by atoms with E-state index < -0.39 is 45.2 Å². The van der Waals surface area contributed by atoms with Gasteiger partial charge in [-0.15, -0.1) is 4.52 Å². The molecule has 0 spiro atoms. The molecule has 0 fully saturated rings. The highest BCUT2D eigenvalue weighted by Gasteiger charge is 2.36. The summed E-state index contributed by atoms with van der Waals surface area (Å²) in [4.78, 5) is 16.3. The standard InChI is InChI=1S/C16H25NO8P/c1-2-25-26(23)15(21)8-13(19)16(22)14(20)9-17(11-18)24-10-12-6-4-3-5-7-12/h3-7,11,13-16,19-22H,2,8-10H2,1H3/q+1/t13-,14+,15?,16-/m1/s1. The normalized spacial score (nSPS) is 16.4. The summed E-state index contributed by atoms with van der Waals surface area (Å²) in [5.74, 6) is -1.49. The average molecular weight is 390 g/mol. The zero-order valence-electron chi connectivity index (χ0n) is 14.4. The van der Waals surface area contributed by atoms with E-state index in [0.717, 1.165) is 10.6 Å². The summed E-state index contributed by atoms with van der Waals surface area (Å²) < 4.78 is 16.2. The molecule has 2 unspecified atom stereocenters. The Bertz CT molecular complexity index is 546. The number of hydrogen-bond donors (Lipinski definition) is 4. The van der Waals surface area contributed by atoms with Crippen molar-refractivity contribution in [3.8, 4) is 0 Å². The van der Waals surface area contributed by atoms with Crippen LogP contribution in [-0.4, -0.2) is 69.2 Å². The van der Waals surface area contributed by atoms with E-state index in [9.17, 15) is 29.8 Å². The number of aliphatic hydroxyl groups excluding tert-OH is 4. The number of hydrogen-bond acceptors (Lipinski definition) is 8. The molecule has 0 bridgehead atoms. The average Bonchev–Trinajstić information content (AvgIpc) is 2.65. The van der Waals surface area contributed by atoms with E-state index in [-0.39, 0.29) is 13.2 Å². The molecule has 146 valence electrons. The van der Waals surface area contributed by atoms with E-state index in [4.69, 9.17) is 9.36 Å². The topological polar surface area (TPSA) is 137 Å². The van der Waals surface area contributed by atoms with Gasteiger partial charge in [0.1, 0.15) is 18.8 Å². The smallest absolute Gasteiger partial charge is 0.390 e. The van der Waals surface area contributed by atoms with Gasteiger partial charge in [-0.25, -0.2) is 5.06 Å². The molecule has 5 atom stereocenters. The molecule has 0 saturated heterocycles. The second kappa shape index (κ2) is 12.0. The molecule has 0 aromatic heterocycles. The second-order valence-corrected chi connectivity index (χ2v) is 6.93. The number of carbonyl (C=O) groups is 1.